The Morgan fingerprint density at radius 1 is 1.24 bits per heavy atom. The van der Waals surface area contributed by atoms with E-state index in [-0.39, 0.29) is 22.8 Å². The second-order valence-electron chi connectivity index (χ2n) is 5.43. The van der Waals surface area contributed by atoms with Crippen molar-refractivity contribution in [1.82, 2.24) is 8.87 Å². The van der Waals surface area contributed by atoms with Crippen LogP contribution in [0.5, 0.6) is 0 Å². The molecule has 0 atom stereocenters. The Morgan fingerprint density at radius 2 is 1.88 bits per heavy atom. The minimum Gasteiger partial charge on any atom is -0.456 e. The Kier molecular flexibility index (Phi) is 5.97. The predicted octanol–water partition coefficient (Wildman–Crippen LogP) is 2.55. The minimum absolute atomic E-state index is 0.0246. The van der Waals surface area contributed by atoms with Gasteiger partial charge in [-0.2, -0.15) is 4.31 Å². The van der Waals surface area contributed by atoms with E-state index in [1.54, 1.807) is 33.0 Å². The van der Waals surface area contributed by atoms with Gasteiger partial charge in [-0.3, -0.25) is 0 Å². The van der Waals surface area contributed by atoms with Crippen molar-refractivity contribution in [1.29, 1.82) is 0 Å². The SMILES string of the molecule is CCN(CC)S(=O)(=O)c1cc(C(=O)OCc2ccccc2F)n(C)c1. The number of benzene rings is 1. The fourth-order valence-electron chi connectivity index (χ4n) is 2.42. The molecule has 2 rings (SSSR count). The molecule has 136 valence electrons. The number of hydrogen-bond acceptors (Lipinski definition) is 4. The Bertz CT molecular complexity index is 857. The van der Waals surface area contributed by atoms with E-state index in [1.165, 1.54) is 33.3 Å². The second kappa shape index (κ2) is 7.79. The first-order valence-electron chi connectivity index (χ1n) is 7.88. The molecule has 0 saturated heterocycles. The summed E-state index contributed by atoms with van der Waals surface area (Å²) in [6.07, 6.45) is 1.37. The summed E-state index contributed by atoms with van der Waals surface area (Å²) in [4.78, 5) is 12.2. The Labute approximate surface area is 146 Å². The summed E-state index contributed by atoms with van der Waals surface area (Å²) >= 11 is 0. The molecule has 8 heteroatoms. The van der Waals surface area contributed by atoms with E-state index in [1.807, 2.05) is 0 Å². The van der Waals surface area contributed by atoms with Crippen LogP contribution in [0.4, 0.5) is 4.39 Å². The Hall–Kier alpha value is -2.19. The van der Waals surface area contributed by atoms with Gasteiger partial charge < -0.3 is 9.30 Å². The van der Waals surface area contributed by atoms with Crippen molar-refractivity contribution >= 4 is 16.0 Å². The van der Waals surface area contributed by atoms with Crippen molar-refractivity contribution in [2.24, 2.45) is 7.05 Å². The summed E-state index contributed by atoms with van der Waals surface area (Å²) in [5.41, 5.74) is 0.336. The zero-order valence-electron chi connectivity index (χ0n) is 14.4. The molecule has 0 aliphatic rings. The third-order valence-electron chi connectivity index (χ3n) is 3.85. The lowest BCUT2D eigenvalue weighted by atomic mass is 10.2. The molecule has 0 amide bonds. The van der Waals surface area contributed by atoms with Gasteiger partial charge in [-0.15, -0.1) is 0 Å². The van der Waals surface area contributed by atoms with Gasteiger partial charge in [0.2, 0.25) is 10.0 Å². The van der Waals surface area contributed by atoms with Gasteiger partial charge in [-0.05, 0) is 12.1 Å². The van der Waals surface area contributed by atoms with Gasteiger partial charge in [0, 0.05) is 31.9 Å². The quantitative estimate of drug-likeness (QED) is 0.705. The van der Waals surface area contributed by atoms with Crippen molar-refractivity contribution in [2.75, 3.05) is 13.1 Å². The summed E-state index contributed by atoms with van der Waals surface area (Å²) in [7, 11) is -2.11. The largest absolute Gasteiger partial charge is 0.456 e. The lowest BCUT2D eigenvalue weighted by Gasteiger charge is -2.17. The molecular formula is C17H21FN2O4S. The summed E-state index contributed by atoms with van der Waals surface area (Å²) in [6.45, 7) is 3.93. The number of aromatic nitrogens is 1. The van der Waals surface area contributed by atoms with Crippen molar-refractivity contribution in [3.05, 3.63) is 53.6 Å². The topological polar surface area (TPSA) is 68.6 Å². The molecule has 0 spiro atoms. The highest BCUT2D eigenvalue weighted by Crippen LogP contribution is 2.19. The summed E-state index contributed by atoms with van der Waals surface area (Å²) in [6, 6.07) is 7.26. The number of carbonyl (C=O) groups is 1. The smallest absolute Gasteiger partial charge is 0.355 e. The van der Waals surface area contributed by atoms with Crippen LogP contribution in [0.2, 0.25) is 0 Å². The van der Waals surface area contributed by atoms with Crippen LogP contribution in [0.15, 0.2) is 41.4 Å². The molecule has 1 aromatic heterocycles. The number of esters is 1. The normalized spacial score (nSPS) is 11.7. The molecule has 0 radical (unpaired) electrons. The van der Waals surface area contributed by atoms with Crippen molar-refractivity contribution < 1.29 is 22.3 Å². The van der Waals surface area contributed by atoms with E-state index in [0.29, 0.717) is 13.1 Å². The Balaban J connectivity index is 2.19. The minimum atomic E-state index is -3.67. The van der Waals surface area contributed by atoms with Crippen LogP contribution in [-0.4, -0.2) is 36.3 Å². The molecule has 0 N–H and O–H groups in total. The highest BCUT2D eigenvalue weighted by molar-refractivity contribution is 7.89. The van der Waals surface area contributed by atoms with Crippen molar-refractivity contribution in [2.45, 2.75) is 25.3 Å². The van der Waals surface area contributed by atoms with E-state index in [2.05, 4.69) is 0 Å². The van der Waals surface area contributed by atoms with Crippen LogP contribution in [0.25, 0.3) is 0 Å². The second-order valence-corrected chi connectivity index (χ2v) is 7.37. The lowest BCUT2D eigenvalue weighted by molar-refractivity contribution is 0.0457. The molecule has 2 aromatic rings. The van der Waals surface area contributed by atoms with Crippen LogP contribution in [0.3, 0.4) is 0 Å². The maximum absolute atomic E-state index is 13.6. The molecule has 0 aliphatic carbocycles. The average Bonchev–Trinajstić information content (AvgIpc) is 2.97. The van der Waals surface area contributed by atoms with Crippen LogP contribution in [-0.2, 0) is 28.4 Å². The number of hydrogen-bond donors (Lipinski definition) is 0. The molecule has 0 aliphatic heterocycles. The van der Waals surface area contributed by atoms with Gasteiger partial charge in [0.1, 0.15) is 23.0 Å². The van der Waals surface area contributed by atoms with Crippen molar-refractivity contribution in [3.8, 4) is 0 Å². The monoisotopic (exact) mass is 368 g/mol. The average molecular weight is 368 g/mol. The van der Waals surface area contributed by atoms with Gasteiger partial charge in [0.25, 0.3) is 0 Å². The molecule has 0 bridgehead atoms. The molecular weight excluding hydrogens is 347 g/mol. The van der Waals surface area contributed by atoms with Gasteiger partial charge >= 0.3 is 5.97 Å². The molecule has 0 unspecified atom stereocenters. The van der Waals surface area contributed by atoms with Gasteiger partial charge in [0.05, 0.1) is 0 Å². The number of carbonyl (C=O) groups excluding carboxylic acids is 1. The third-order valence-corrected chi connectivity index (χ3v) is 5.86. The Morgan fingerprint density at radius 3 is 2.48 bits per heavy atom. The first kappa shape index (κ1) is 19.1. The molecule has 0 fully saturated rings. The van der Waals surface area contributed by atoms with E-state index < -0.39 is 21.8 Å². The van der Waals surface area contributed by atoms with Crippen LogP contribution in [0.1, 0.15) is 29.9 Å². The zero-order chi connectivity index (χ0) is 18.6. The molecule has 25 heavy (non-hydrogen) atoms. The number of nitrogens with zero attached hydrogens (tertiary/aromatic N) is 2. The number of ether oxygens (including phenoxy) is 1. The fraction of sp³-hybridized carbons (Fsp3) is 0.353. The summed E-state index contributed by atoms with van der Waals surface area (Å²) < 4.78 is 46.4. The molecule has 1 heterocycles. The standard InChI is InChI=1S/C17H21FN2O4S/c1-4-20(5-2)25(22,23)14-10-16(19(3)11-14)17(21)24-12-13-8-6-7-9-15(13)18/h6-11H,4-5,12H2,1-3H3. The number of halogens is 1. The highest BCUT2D eigenvalue weighted by atomic mass is 32.2. The van der Waals surface area contributed by atoms with E-state index >= 15 is 0 Å². The van der Waals surface area contributed by atoms with Gasteiger partial charge in [-0.1, -0.05) is 32.0 Å². The van der Waals surface area contributed by atoms with Crippen LogP contribution < -0.4 is 0 Å². The maximum Gasteiger partial charge on any atom is 0.355 e. The van der Waals surface area contributed by atoms with Gasteiger partial charge in [-0.25, -0.2) is 17.6 Å². The number of aryl methyl sites for hydroxylation is 1. The molecule has 0 saturated carbocycles. The van der Waals surface area contributed by atoms with Crippen LogP contribution >= 0.6 is 0 Å². The third kappa shape index (κ3) is 4.08. The number of rotatable bonds is 7. The summed E-state index contributed by atoms with van der Waals surface area (Å²) in [5.74, 6) is -1.18. The van der Waals surface area contributed by atoms with E-state index in [4.69, 9.17) is 4.74 Å². The highest BCUT2D eigenvalue weighted by Gasteiger charge is 2.25. The fourth-order valence-corrected chi connectivity index (χ4v) is 3.95. The van der Waals surface area contributed by atoms with Crippen LogP contribution in [0, 0.1) is 5.82 Å². The molecule has 6 nitrogen and oxygen atoms in total. The first-order valence-corrected chi connectivity index (χ1v) is 9.32. The predicted molar refractivity (Wildman–Crippen MR) is 91.0 cm³/mol. The van der Waals surface area contributed by atoms with Gasteiger partial charge in [0.15, 0.2) is 0 Å². The number of sulfonamides is 1. The molecule has 1 aromatic carbocycles. The summed E-state index contributed by atoms with van der Waals surface area (Å²) in [5, 5.41) is 0. The zero-order valence-corrected chi connectivity index (χ0v) is 15.2. The lowest BCUT2D eigenvalue weighted by Crippen LogP contribution is -2.30. The van der Waals surface area contributed by atoms with E-state index in [0.717, 1.165) is 0 Å². The van der Waals surface area contributed by atoms with E-state index in [9.17, 15) is 17.6 Å². The first-order chi connectivity index (χ1) is 11.8. The van der Waals surface area contributed by atoms with Crippen molar-refractivity contribution in [3.63, 3.8) is 0 Å². The maximum atomic E-state index is 13.6.